The fourth-order valence-electron chi connectivity index (χ4n) is 3.25. The molecule has 0 atom stereocenters. The molecule has 0 amide bonds. The van der Waals surface area contributed by atoms with E-state index in [0.717, 1.165) is 11.1 Å². The van der Waals surface area contributed by atoms with Crippen LogP contribution in [0.4, 0.5) is 0 Å². The lowest BCUT2D eigenvalue weighted by molar-refractivity contribution is 0.284. The Morgan fingerprint density at radius 3 is 2.64 bits per heavy atom. The summed E-state index contributed by atoms with van der Waals surface area (Å²) in [7, 11) is 1.63. The Balaban J connectivity index is 1.52. The van der Waals surface area contributed by atoms with Crippen LogP contribution in [0.15, 0.2) is 53.6 Å². The highest BCUT2D eigenvalue weighted by atomic mass is 32.1. The maximum atomic E-state index is 5.88. The van der Waals surface area contributed by atoms with Crippen LogP contribution < -0.4 is 20.2 Å². The van der Waals surface area contributed by atoms with Crippen LogP contribution >= 0.6 is 12.2 Å². The van der Waals surface area contributed by atoms with Crippen LogP contribution in [0.3, 0.4) is 0 Å². The minimum Gasteiger partial charge on any atom is -0.493 e. The summed E-state index contributed by atoms with van der Waals surface area (Å²) in [5.74, 6) is 1.37. The lowest BCUT2D eigenvalue weighted by Crippen LogP contribution is -2.40. The first kappa shape index (κ1) is 20.1. The van der Waals surface area contributed by atoms with E-state index in [1.165, 1.54) is 32.1 Å². The second kappa shape index (κ2) is 10.7. The third-order valence-corrected chi connectivity index (χ3v) is 4.95. The van der Waals surface area contributed by atoms with Crippen LogP contribution in [0.1, 0.15) is 43.2 Å². The highest BCUT2D eigenvalue weighted by molar-refractivity contribution is 7.80. The summed E-state index contributed by atoms with van der Waals surface area (Å²) in [5, 5.41) is 8.13. The molecule has 0 aliphatic heterocycles. The number of methoxy groups -OCH3 is 1. The number of rotatable bonds is 7. The summed E-state index contributed by atoms with van der Waals surface area (Å²) in [6.07, 6.45) is 7.92. The predicted molar refractivity (Wildman–Crippen MR) is 117 cm³/mol. The van der Waals surface area contributed by atoms with Crippen molar-refractivity contribution in [3.8, 4) is 11.5 Å². The van der Waals surface area contributed by atoms with Crippen LogP contribution in [0.2, 0.25) is 0 Å². The molecule has 1 fully saturated rings. The number of hydrogen-bond donors (Lipinski definition) is 2. The van der Waals surface area contributed by atoms with E-state index in [9.17, 15) is 0 Å². The quantitative estimate of drug-likeness (QED) is 0.412. The second-order valence-electron chi connectivity index (χ2n) is 6.86. The standard InChI is InChI=1S/C22H27N3O2S/c1-26-21-14-18(12-13-20(21)27-16-17-8-4-2-5-9-17)15-23-25-22(28)24-19-10-6-3-7-11-19/h2,4-5,8-9,12-15,19H,3,6-7,10-11,16H2,1H3,(H2,24,25,28)/b23-15-. The Kier molecular flexibility index (Phi) is 7.67. The molecule has 1 saturated carbocycles. The number of nitrogens with zero attached hydrogens (tertiary/aromatic N) is 1. The van der Waals surface area contributed by atoms with Gasteiger partial charge in [-0.3, -0.25) is 5.43 Å². The van der Waals surface area contributed by atoms with Gasteiger partial charge in [0, 0.05) is 6.04 Å². The molecule has 2 aromatic rings. The molecule has 0 radical (unpaired) electrons. The molecule has 5 nitrogen and oxygen atoms in total. The van der Waals surface area contributed by atoms with Crippen molar-refractivity contribution in [3.63, 3.8) is 0 Å². The lowest BCUT2D eigenvalue weighted by Gasteiger charge is -2.23. The van der Waals surface area contributed by atoms with E-state index in [4.69, 9.17) is 21.7 Å². The first-order chi connectivity index (χ1) is 13.7. The Morgan fingerprint density at radius 2 is 1.89 bits per heavy atom. The summed E-state index contributed by atoms with van der Waals surface area (Å²) in [5.41, 5.74) is 4.90. The number of hydrazone groups is 1. The molecule has 2 N–H and O–H groups in total. The third kappa shape index (κ3) is 6.23. The van der Waals surface area contributed by atoms with E-state index in [0.29, 0.717) is 29.3 Å². The molecule has 2 aromatic carbocycles. The molecule has 3 rings (SSSR count). The molecule has 1 aliphatic carbocycles. The Morgan fingerprint density at radius 1 is 1.11 bits per heavy atom. The summed E-state index contributed by atoms with van der Waals surface area (Å²) >= 11 is 5.32. The average Bonchev–Trinajstić information content (AvgIpc) is 2.74. The topological polar surface area (TPSA) is 54.9 Å². The van der Waals surface area contributed by atoms with Crippen LogP contribution in [-0.2, 0) is 6.61 Å². The van der Waals surface area contributed by atoms with Gasteiger partial charge in [-0.25, -0.2) is 0 Å². The minimum absolute atomic E-state index is 0.463. The highest BCUT2D eigenvalue weighted by Crippen LogP contribution is 2.28. The normalized spacial score (nSPS) is 14.6. The van der Waals surface area contributed by atoms with Crippen LogP contribution in [-0.4, -0.2) is 24.5 Å². The van der Waals surface area contributed by atoms with Gasteiger partial charge >= 0.3 is 0 Å². The smallest absolute Gasteiger partial charge is 0.187 e. The lowest BCUT2D eigenvalue weighted by atomic mass is 9.96. The molecule has 0 bridgehead atoms. The zero-order valence-electron chi connectivity index (χ0n) is 16.2. The van der Waals surface area contributed by atoms with Crippen molar-refractivity contribution in [2.45, 2.75) is 44.8 Å². The predicted octanol–water partition coefficient (Wildman–Crippen LogP) is 4.40. The molecule has 0 saturated heterocycles. The molecule has 148 valence electrons. The molecule has 0 unspecified atom stereocenters. The van der Waals surface area contributed by atoms with Crippen molar-refractivity contribution in [3.05, 3.63) is 59.7 Å². The average molecular weight is 398 g/mol. The van der Waals surface area contributed by atoms with E-state index in [2.05, 4.69) is 15.8 Å². The number of ether oxygens (including phenoxy) is 2. The fraction of sp³-hybridized carbons (Fsp3) is 0.364. The molecular formula is C22H27N3O2S. The summed E-state index contributed by atoms with van der Waals surface area (Å²) < 4.78 is 11.3. The van der Waals surface area contributed by atoms with Crippen molar-refractivity contribution < 1.29 is 9.47 Å². The molecule has 1 aliphatic rings. The molecule has 6 heteroatoms. The van der Waals surface area contributed by atoms with Gasteiger partial charge in [-0.2, -0.15) is 5.10 Å². The van der Waals surface area contributed by atoms with Crippen molar-refractivity contribution in [2.24, 2.45) is 5.10 Å². The Bertz CT molecular complexity index is 790. The highest BCUT2D eigenvalue weighted by Gasteiger charge is 2.13. The van der Waals surface area contributed by atoms with E-state index in [1.54, 1.807) is 13.3 Å². The molecule has 28 heavy (non-hydrogen) atoms. The second-order valence-corrected chi connectivity index (χ2v) is 7.27. The minimum atomic E-state index is 0.463. The van der Waals surface area contributed by atoms with Crippen LogP contribution in [0, 0.1) is 0 Å². The maximum absolute atomic E-state index is 5.88. The van der Waals surface area contributed by atoms with E-state index >= 15 is 0 Å². The van der Waals surface area contributed by atoms with Crippen LogP contribution in [0.25, 0.3) is 0 Å². The van der Waals surface area contributed by atoms with Crippen LogP contribution in [0.5, 0.6) is 11.5 Å². The number of nitrogens with one attached hydrogen (secondary N) is 2. The van der Waals surface area contributed by atoms with Gasteiger partial charge in [0.05, 0.1) is 13.3 Å². The third-order valence-electron chi connectivity index (χ3n) is 4.74. The zero-order valence-corrected chi connectivity index (χ0v) is 17.0. The van der Waals surface area contributed by atoms with Gasteiger partial charge in [0.2, 0.25) is 0 Å². The number of thiocarbonyl (C=S) groups is 1. The van der Waals surface area contributed by atoms with Gasteiger partial charge in [-0.1, -0.05) is 49.6 Å². The monoisotopic (exact) mass is 397 g/mol. The van der Waals surface area contributed by atoms with Gasteiger partial charge in [0.25, 0.3) is 0 Å². The van der Waals surface area contributed by atoms with Gasteiger partial charge in [0.1, 0.15) is 6.61 Å². The van der Waals surface area contributed by atoms with Gasteiger partial charge in [-0.05, 0) is 54.4 Å². The SMILES string of the molecule is COc1cc(/C=N\NC(=S)NC2CCCCC2)ccc1OCc1ccccc1. The maximum Gasteiger partial charge on any atom is 0.187 e. The van der Waals surface area contributed by atoms with Gasteiger partial charge in [0.15, 0.2) is 16.6 Å². The largest absolute Gasteiger partial charge is 0.493 e. The zero-order chi connectivity index (χ0) is 19.6. The van der Waals surface area contributed by atoms with Crippen molar-refractivity contribution in [2.75, 3.05) is 7.11 Å². The molecule has 0 heterocycles. The molecular weight excluding hydrogens is 370 g/mol. The number of hydrogen-bond acceptors (Lipinski definition) is 4. The fourth-order valence-corrected chi connectivity index (χ4v) is 3.47. The van der Waals surface area contributed by atoms with E-state index in [-0.39, 0.29) is 0 Å². The number of benzene rings is 2. The molecule has 0 spiro atoms. The van der Waals surface area contributed by atoms with Crippen molar-refractivity contribution in [1.29, 1.82) is 0 Å². The van der Waals surface area contributed by atoms with Crippen molar-refractivity contribution >= 4 is 23.5 Å². The summed E-state index contributed by atoms with van der Waals surface area (Å²) in [4.78, 5) is 0. The Labute approximate surface area is 172 Å². The molecule has 0 aromatic heterocycles. The van der Waals surface area contributed by atoms with Gasteiger partial charge in [-0.15, -0.1) is 0 Å². The van der Waals surface area contributed by atoms with E-state index < -0.39 is 0 Å². The Hall–Kier alpha value is -2.60. The summed E-state index contributed by atoms with van der Waals surface area (Å²) in [6, 6.07) is 16.2. The van der Waals surface area contributed by atoms with Crippen molar-refractivity contribution in [1.82, 2.24) is 10.7 Å². The summed E-state index contributed by atoms with van der Waals surface area (Å²) in [6.45, 7) is 0.493. The first-order valence-corrected chi connectivity index (χ1v) is 10.1. The van der Waals surface area contributed by atoms with Gasteiger partial charge < -0.3 is 14.8 Å². The first-order valence-electron chi connectivity index (χ1n) is 9.69. The van der Waals surface area contributed by atoms with E-state index in [1.807, 2.05) is 48.5 Å².